The predicted molar refractivity (Wildman–Crippen MR) is 107 cm³/mol. The summed E-state index contributed by atoms with van der Waals surface area (Å²) in [6.45, 7) is 4.68. The van der Waals surface area contributed by atoms with Gasteiger partial charge in [-0.05, 0) is 20.2 Å². The summed E-state index contributed by atoms with van der Waals surface area (Å²) in [4.78, 5) is 13.4. The van der Waals surface area contributed by atoms with E-state index in [9.17, 15) is 0 Å². The third-order valence-corrected chi connectivity index (χ3v) is 4.87. The lowest BCUT2D eigenvalue weighted by molar-refractivity contribution is 0.122. The standard InChI is InChI=1S/C19H23ClN6O/c1-24(2)5-6-26-17-11-14(3-4-15(17)13-21-26)16-12-18(20)23-19(22-16)25-7-9-27-10-8-25/h3-4,11-13H,5-10H2,1-2H3. The molecule has 0 aliphatic carbocycles. The molecular formula is C19H23ClN6O. The molecule has 0 saturated carbocycles. The zero-order valence-corrected chi connectivity index (χ0v) is 16.4. The van der Waals surface area contributed by atoms with Gasteiger partial charge in [0.2, 0.25) is 5.95 Å². The van der Waals surface area contributed by atoms with Crippen molar-refractivity contribution < 1.29 is 4.74 Å². The number of hydrogen-bond donors (Lipinski definition) is 0. The van der Waals surface area contributed by atoms with Crippen molar-refractivity contribution in [3.63, 3.8) is 0 Å². The van der Waals surface area contributed by atoms with E-state index < -0.39 is 0 Å². The van der Waals surface area contributed by atoms with E-state index in [0.29, 0.717) is 24.3 Å². The third kappa shape index (κ3) is 4.05. The Bertz CT molecular complexity index is 935. The fraction of sp³-hybridized carbons (Fsp3) is 0.421. The molecule has 1 aromatic carbocycles. The van der Waals surface area contributed by atoms with Gasteiger partial charge in [0, 0.05) is 36.7 Å². The molecule has 0 atom stereocenters. The van der Waals surface area contributed by atoms with Crippen LogP contribution in [0.15, 0.2) is 30.5 Å². The van der Waals surface area contributed by atoms with Crippen molar-refractivity contribution in [2.24, 2.45) is 0 Å². The number of likely N-dealkylation sites (N-methyl/N-ethyl adjacent to an activating group) is 1. The van der Waals surface area contributed by atoms with E-state index in [0.717, 1.165) is 48.3 Å². The molecule has 3 heterocycles. The summed E-state index contributed by atoms with van der Waals surface area (Å²) >= 11 is 6.30. The summed E-state index contributed by atoms with van der Waals surface area (Å²) in [5.41, 5.74) is 2.92. The molecule has 1 fully saturated rings. The minimum absolute atomic E-state index is 0.447. The van der Waals surface area contributed by atoms with Crippen molar-refractivity contribution >= 4 is 28.5 Å². The Morgan fingerprint density at radius 2 is 1.96 bits per heavy atom. The van der Waals surface area contributed by atoms with E-state index in [1.54, 1.807) is 0 Å². The van der Waals surface area contributed by atoms with Gasteiger partial charge in [-0.2, -0.15) is 5.10 Å². The highest BCUT2D eigenvalue weighted by Gasteiger charge is 2.16. The second-order valence-electron chi connectivity index (χ2n) is 6.92. The Kier molecular flexibility index (Phi) is 5.24. The maximum Gasteiger partial charge on any atom is 0.227 e. The number of fused-ring (bicyclic) bond motifs is 1. The SMILES string of the molecule is CN(C)CCn1ncc2ccc(-c3cc(Cl)nc(N4CCOCC4)n3)cc21. The van der Waals surface area contributed by atoms with Gasteiger partial charge in [0.1, 0.15) is 5.15 Å². The second kappa shape index (κ2) is 7.80. The van der Waals surface area contributed by atoms with Crippen molar-refractivity contribution in [3.05, 3.63) is 35.6 Å². The number of ether oxygens (including phenoxy) is 1. The third-order valence-electron chi connectivity index (χ3n) is 4.68. The van der Waals surface area contributed by atoms with E-state index in [-0.39, 0.29) is 0 Å². The van der Waals surface area contributed by atoms with Gasteiger partial charge < -0.3 is 14.5 Å². The number of benzene rings is 1. The van der Waals surface area contributed by atoms with Crippen LogP contribution < -0.4 is 4.90 Å². The van der Waals surface area contributed by atoms with E-state index >= 15 is 0 Å². The largest absolute Gasteiger partial charge is 0.378 e. The highest BCUT2D eigenvalue weighted by atomic mass is 35.5. The summed E-state index contributed by atoms with van der Waals surface area (Å²) in [6.07, 6.45) is 1.90. The molecule has 8 heteroatoms. The summed E-state index contributed by atoms with van der Waals surface area (Å²) in [7, 11) is 4.13. The Morgan fingerprint density at radius 3 is 2.74 bits per heavy atom. The molecule has 142 valence electrons. The van der Waals surface area contributed by atoms with Crippen molar-refractivity contribution in [2.45, 2.75) is 6.54 Å². The summed E-state index contributed by atoms with van der Waals surface area (Å²) in [5, 5.41) is 6.08. The Labute approximate surface area is 163 Å². The molecule has 0 unspecified atom stereocenters. The molecule has 0 amide bonds. The fourth-order valence-corrected chi connectivity index (χ4v) is 3.34. The first-order chi connectivity index (χ1) is 13.1. The Hall–Kier alpha value is -2.22. The molecule has 1 saturated heterocycles. The lowest BCUT2D eigenvalue weighted by atomic mass is 10.1. The van der Waals surface area contributed by atoms with Gasteiger partial charge in [0.25, 0.3) is 0 Å². The van der Waals surface area contributed by atoms with Gasteiger partial charge in [-0.1, -0.05) is 23.7 Å². The van der Waals surface area contributed by atoms with Crippen LogP contribution in [0.25, 0.3) is 22.2 Å². The molecule has 7 nitrogen and oxygen atoms in total. The normalized spacial score (nSPS) is 15.0. The Morgan fingerprint density at radius 1 is 1.15 bits per heavy atom. The van der Waals surface area contributed by atoms with Gasteiger partial charge in [-0.15, -0.1) is 0 Å². The fourth-order valence-electron chi connectivity index (χ4n) is 3.16. The zero-order valence-electron chi connectivity index (χ0n) is 15.6. The van der Waals surface area contributed by atoms with Gasteiger partial charge in [-0.25, -0.2) is 9.97 Å². The second-order valence-corrected chi connectivity index (χ2v) is 7.31. The van der Waals surface area contributed by atoms with Crippen LogP contribution in [0.5, 0.6) is 0 Å². The minimum Gasteiger partial charge on any atom is -0.378 e. The monoisotopic (exact) mass is 386 g/mol. The number of aromatic nitrogens is 4. The van der Waals surface area contributed by atoms with E-state index in [1.807, 2.05) is 16.9 Å². The first-order valence-corrected chi connectivity index (χ1v) is 9.46. The number of rotatable bonds is 5. The van der Waals surface area contributed by atoms with Crippen molar-refractivity contribution in [2.75, 3.05) is 51.8 Å². The topological polar surface area (TPSA) is 59.3 Å². The van der Waals surface area contributed by atoms with Gasteiger partial charge in [0.15, 0.2) is 0 Å². The minimum atomic E-state index is 0.447. The summed E-state index contributed by atoms with van der Waals surface area (Å²) in [6, 6.07) is 8.07. The van der Waals surface area contributed by atoms with Gasteiger partial charge >= 0.3 is 0 Å². The van der Waals surface area contributed by atoms with Crippen LogP contribution in [-0.2, 0) is 11.3 Å². The summed E-state index contributed by atoms with van der Waals surface area (Å²) in [5.74, 6) is 0.655. The quantitative estimate of drug-likeness (QED) is 0.628. The average molecular weight is 387 g/mol. The van der Waals surface area contributed by atoms with Crippen LogP contribution in [0.3, 0.4) is 0 Å². The van der Waals surface area contributed by atoms with Crippen molar-refractivity contribution in [3.8, 4) is 11.3 Å². The first-order valence-electron chi connectivity index (χ1n) is 9.08. The molecule has 0 spiro atoms. The Balaban J connectivity index is 1.69. The molecule has 1 aliphatic heterocycles. The number of halogens is 1. The van der Waals surface area contributed by atoms with Crippen molar-refractivity contribution in [1.82, 2.24) is 24.6 Å². The molecule has 1 aliphatic rings. The molecule has 0 bridgehead atoms. The van der Waals surface area contributed by atoms with Crippen LogP contribution >= 0.6 is 11.6 Å². The van der Waals surface area contributed by atoms with E-state index in [1.165, 1.54) is 0 Å². The number of nitrogens with zero attached hydrogens (tertiary/aromatic N) is 6. The van der Waals surface area contributed by atoms with Gasteiger partial charge in [-0.3, -0.25) is 4.68 Å². The number of morpholine rings is 1. The lowest BCUT2D eigenvalue weighted by Gasteiger charge is -2.27. The smallest absolute Gasteiger partial charge is 0.227 e. The van der Waals surface area contributed by atoms with Crippen LogP contribution in [-0.4, -0.2) is 71.6 Å². The zero-order chi connectivity index (χ0) is 18.8. The number of hydrogen-bond acceptors (Lipinski definition) is 6. The van der Waals surface area contributed by atoms with E-state index in [4.69, 9.17) is 21.3 Å². The highest BCUT2D eigenvalue weighted by molar-refractivity contribution is 6.29. The highest BCUT2D eigenvalue weighted by Crippen LogP contribution is 2.26. The predicted octanol–water partition coefficient (Wildman–Crippen LogP) is 2.54. The molecule has 0 N–H and O–H groups in total. The summed E-state index contributed by atoms with van der Waals surface area (Å²) < 4.78 is 7.45. The van der Waals surface area contributed by atoms with E-state index in [2.05, 4.69) is 52.2 Å². The molecule has 27 heavy (non-hydrogen) atoms. The molecule has 2 aromatic heterocycles. The molecule has 4 rings (SSSR count). The molecule has 3 aromatic rings. The molecule has 0 radical (unpaired) electrons. The van der Waals surface area contributed by atoms with Crippen LogP contribution in [0.4, 0.5) is 5.95 Å². The maximum atomic E-state index is 6.30. The van der Waals surface area contributed by atoms with Crippen LogP contribution in [0.2, 0.25) is 5.15 Å². The van der Waals surface area contributed by atoms with Gasteiger partial charge in [0.05, 0.1) is 37.2 Å². The number of anilines is 1. The lowest BCUT2D eigenvalue weighted by Crippen LogP contribution is -2.37. The maximum absolute atomic E-state index is 6.30. The van der Waals surface area contributed by atoms with Crippen molar-refractivity contribution in [1.29, 1.82) is 0 Å². The average Bonchev–Trinajstić information content (AvgIpc) is 3.09. The van der Waals surface area contributed by atoms with Crippen LogP contribution in [0.1, 0.15) is 0 Å². The first kappa shape index (κ1) is 18.2. The van der Waals surface area contributed by atoms with Crippen LogP contribution in [0, 0.1) is 0 Å². The molecular weight excluding hydrogens is 364 g/mol.